The van der Waals surface area contributed by atoms with Crippen molar-refractivity contribution in [3.63, 3.8) is 0 Å². The van der Waals surface area contributed by atoms with Gasteiger partial charge < -0.3 is 4.74 Å². The molecular formula is C19H20N2O. The van der Waals surface area contributed by atoms with E-state index < -0.39 is 0 Å². The van der Waals surface area contributed by atoms with E-state index >= 15 is 0 Å². The fourth-order valence-corrected chi connectivity index (χ4v) is 2.57. The highest BCUT2D eigenvalue weighted by molar-refractivity contribution is 5.74. The lowest BCUT2D eigenvalue weighted by atomic mass is 10.1. The molecule has 1 aromatic carbocycles. The summed E-state index contributed by atoms with van der Waals surface area (Å²) in [6.45, 7) is 6.82. The van der Waals surface area contributed by atoms with Crippen molar-refractivity contribution in [1.82, 2.24) is 9.38 Å². The maximum absolute atomic E-state index is 5.38. The average Bonchev–Trinajstić information content (AvgIpc) is 2.88. The van der Waals surface area contributed by atoms with Crippen LogP contribution in [0.1, 0.15) is 23.9 Å². The zero-order chi connectivity index (χ0) is 15.5. The molecule has 0 amide bonds. The Morgan fingerprint density at radius 2 is 1.86 bits per heavy atom. The van der Waals surface area contributed by atoms with E-state index in [0.717, 1.165) is 28.3 Å². The van der Waals surface area contributed by atoms with Crippen LogP contribution in [0.2, 0.25) is 0 Å². The minimum absolute atomic E-state index is 0.659. The predicted molar refractivity (Wildman–Crippen MR) is 90.8 cm³/mol. The summed E-state index contributed by atoms with van der Waals surface area (Å²) in [4.78, 5) is 4.81. The van der Waals surface area contributed by atoms with E-state index in [1.807, 2.05) is 25.1 Å². The van der Waals surface area contributed by atoms with E-state index in [1.165, 1.54) is 5.56 Å². The first kappa shape index (κ1) is 14.4. The molecule has 0 radical (unpaired) electrons. The molecule has 0 bridgehead atoms. The number of benzene rings is 1. The first-order chi connectivity index (χ1) is 10.7. The van der Waals surface area contributed by atoms with Crippen molar-refractivity contribution in [3.05, 3.63) is 65.7 Å². The fourth-order valence-electron chi connectivity index (χ4n) is 2.57. The average molecular weight is 292 g/mol. The number of imidazole rings is 1. The molecule has 0 fully saturated rings. The summed E-state index contributed by atoms with van der Waals surface area (Å²) >= 11 is 0. The Hall–Kier alpha value is -2.55. The zero-order valence-electron chi connectivity index (χ0n) is 13.2. The third-order valence-electron chi connectivity index (χ3n) is 3.69. The van der Waals surface area contributed by atoms with Gasteiger partial charge in [0.15, 0.2) is 0 Å². The number of nitrogens with zero attached hydrogens (tertiary/aromatic N) is 2. The SMILES string of the molecule is CCO/C=C/c1c(-c2ccc(C)cc2)nc2cccc(C)n12. The number of hydrogen-bond acceptors (Lipinski definition) is 2. The topological polar surface area (TPSA) is 26.5 Å². The molecule has 0 N–H and O–H groups in total. The molecule has 0 atom stereocenters. The van der Waals surface area contributed by atoms with E-state index in [4.69, 9.17) is 9.72 Å². The number of rotatable bonds is 4. The molecule has 2 heterocycles. The van der Waals surface area contributed by atoms with E-state index in [2.05, 4.69) is 48.6 Å². The Bertz CT molecular complexity index is 813. The molecule has 22 heavy (non-hydrogen) atoms. The largest absolute Gasteiger partial charge is 0.501 e. The second-order valence-corrected chi connectivity index (χ2v) is 5.33. The standard InChI is InChI=1S/C19H20N2O/c1-4-22-13-12-17-19(16-10-8-14(2)9-11-16)20-18-7-5-6-15(3)21(17)18/h5-13H,4H2,1-3H3/b13-12+. The summed E-state index contributed by atoms with van der Waals surface area (Å²) in [5, 5.41) is 0. The van der Waals surface area contributed by atoms with Gasteiger partial charge in [0.2, 0.25) is 0 Å². The van der Waals surface area contributed by atoms with Crippen LogP contribution in [0.5, 0.6) is 0 Å². The van der Waals surface area contributed by atoms with Gasteiger partial charge in [-0.1, -0.05) is 35.9 Å². The van der Waals surface area contributed by atoms with Crippen molar-refractivity contribution in [3.8, 4) is 11.3 Å². The second-order valence-electron chi connectivity index (χ2n) is 5.33. The molecule has 0 aliphatic rings. The molecule has 112 valence electrons. The highest BCUT2D eigenvalue weighted by Crippen LogP contribution is 2.27. The molecule has 3 rings (SSSR count). The molecule has 0 unspecified atom stereocenters. The van der Waals surface area contributed by atoms with Gasteiger partial charge in [0.05, 0.1) is 24.3 Å². The summed E-state index contributed by atoms with van der Waals surface area (Å²) in [7, 11) is 0. The lowest BCUT2D eigenvalue weighted by Gasteiger charge is -2.04. The van der Waals surface area contributed by atoms with Crippen LogP contribution in [0.25, 0.3) is 23.0 Å². The van der Waals surface area contributed by atoms with Crippen molar-refractivity contribution in [2.75, 3.05) is 6.61 Å². The fraction of sp³-hybridized carbons (Fsp3) is 0.211. The van der Waals surface area contributed by atoms with Crippen LogP contribution < -0.4 is 0 Å². The van der Waals surface area contributed by atoms with Crippen molar-refractivity contribution in [1.29, 1.82) is 0 Å². The smallest absolute Gasteiger partial charge is 0.138 e. The number of aromatic nitrogens is 2. The van der Waals surface area contributed by atoms with Gasteiger partial charge in [0, 0.05) is 11.3 Å². The van der Waals surface area contributed by atoms with Crippen LogP contribution in [0.4, 0.5) is 0 Å². The lowest BCUT2D eigenvalue weighted by molar-refractivity contribution is 0.272. The van der Waals surface area contributed by atoms with E-state index in [0.29, 0.717) is 6.61 Å². The first-order valence-electron chi connectivity index (χ1n) is 7.54. The zero-order valence-corrected chi connectivity index (χ0v) is 13.2. The number of ether oxygens (including phenoxy) is 1. The van der Waals surface area contributed by atoms with Crippen molar-refractivity contribution in [2.45, 2.75) is 20.8 Å². The third-order valence-corrected chi connectivity index (χ3v) is 3.69. The van der Waals surface area contributed by atoms with Gasteiger partial charge in [-0.3, -0.25) is 4.40 Å². The van der Waals surface area contributed by atoms with Gasteiger partial charge in [-0.2, -0.15) is 0 Å². The van der Waals surface area contributed by atoms with Crippen molar-refractivity contribution in [2.24, 2.45) is 0 Å². The molecular weight excluding hydrogens is 272 g/mol. The molecule has 0 aliphatic heterocycles. The Morgan fingerprint density at radius 1 is 1.09 bits per heavy atom. The number of hydrogen-bond donors (Lipinski definition) is 0. The molecule has 3 aromatic rings. The number of aryl methyl sites for hydroxylation is 2. The van der Waals surface area contributed by atoms with Gasteiger partial charge >= 0.3 is 0 Å². The normalized spacial score (nSPS) is 11.4. The van der Waals surface area contributed by atoms with Gasteiger partial charge in [0.25, 0.3) is 0 Å². The van der Waals surface area contributed by atoms with Gasteiger partial charge in [-0.25, -0.2) is 4.98 Å². The molecule has 3 heteroatoms. The van der Waals surface area contributed by atoms with E-state index in [-0.39, 0.29) is 0 Å². The highest BCUT2D eigenvalue weighted by atomic mass is 16.5. The summed E-state index contributed by atoms with van der Waals surface area (Å²) in [5.41, 5.74) is 6.49. The number of pyridine rings is 1. The first-order valence-corrected chi connectivity index (χ1v) is 7.54. The molecule has 3 nitrogen and oxygen atoms in total. The minimum Gasteiger partial charge on any atom is -0.501 e. The Balaban J connectivity index is 2.22. The van der Waals surface area contributed by atoms with Crippen LogP contribution in [0, 0.1) is 13.8 Å². The predicted octanol–water partition coefficient (Wildman–Crippen LogP) is 4.63. The van der Waals surface area contributed by atoms with E-state index in [1.54, 1.807) is 6.26 Å². The minimum atomic E-state index is 0.659. The van der Waals surface area contributed by atoms with Crippen LogP contribution in [0.3, 0.4) is 0 Å². The quantitative estimate of drug-likeness (QED) is 0.656. The van der Waals surface area contributed by atoms with Crippen LogP contribution in [-0.2, 0) is 4.74 Å². The van der Waals surface area contributed by atoms with Gasteiger partial charge in [-0.15, -0.1) is 0 Å². The molecule has 0 aliphatic carbocycles. The molecule has 0 saturated carbocycles. The third kappa shape index (κ3) is 2.62. The van der Waals surface area contributed by atoms with Gasteiger partial charge in [0.1, 0.15) is 5.65 Å². The summed E-state index contributed by atoms with van der Waals surface area (Å²) in [5.74, 6) is 0. The maximum atomic E-state index is 5.38. The highest BCUT2D eigenvalue weighted by Gasteiger charge is 2.13. The Labute approximate surface area is 130 Å². The van der Waals surface area contributed by atoms with Crippen LogP contribution >= 0.6 is 0 Å². The van der Waals surface area contributed by atoms with Crippen LogP contribution in [0.15, 0.2) is 48.7 Å². The van der Waals surface area contributed by atoms with Crippen molar-refractivity contribution < 1.29 is 4.74 Å². The van der Waals surface area contributed by atoms with Crippen molar-refractivity contribution >= 4 is 11.7 Å². The van der Waals surface area contributed by atoms with Gasteiger partial charge in [-0.05, 0) is 39.0 Å². The Kier molecular flexibility index (Phi) is 3.96. The Morgan fingerprint density at radius 3 is 2.59 bits per heavy atom. The molecule has 2 aromatic heterocycles. The summed E-state index contributed by atoms with van der Waals surface area (Å²) in [6.07, 6.45) is 3.74. The maximum Gasteiger partial charge on any atom is 0.138 e. The van der Waals surface area contributed by atoms with E-state index in [9.17, 15) is 0 Å². The second kappa shape index (κ2) is 6.06. The summed E-state index contributed by atoms with van der Waals surface area (Å²) < 4.78 is 7.54. The van der Waals surface area contributed by atoms with Crippen LogP contribution in [-0.4, -0.2) is 16.0 Å². The molecule has 0 spiro atoms. The monoisotopic (exact) mass is 292 g/mol. The molecule has 0 saturated heterocycles. The lowest BCUT2D eigenvalue weighted by Crippen LogP contribution is -1.93. The summed E-state index contributed by atoms with van der Waals surface area (Å²) in [6, 6.07) is 14.6. The number of fused-ring (bicyclic) bond motifs is 1.